The van der Waals surface area contributed by atoms with Crippen LogP contribution in [-0.2, 0) is 42.3 Å². The van der Waals surface area contributed by atoms with E-state index in [1.807, 2.05) is 0 Å². The molecule has 0 bridgehead atoms. The fraction of sp³-hybridized carbons (Fsp3) is 0.500. The van der Waals surface area contributed by atoms with Crippen molar-refractivity contribution < 1.29 is 47.4 Å². The maximum absolute atomic E-state index is 9.66. The molecule has 0 amide bonds. The van der Waals surface area contributed by atoms with Gasteiger partial charge in [0.15, 0.2) is 5.97 Å². The third kappa shape index (κ3) is 24.3. The molecule has 0 aromatic heterocycles. The van der Waals surface area contributed by atoms with Gasteiger partial charge in [-0.15, -0.1) is 0 Å². The van der Waals surface area contributed by atoms with Crippen LogP contribution in [0.5, 0.6) is 0 Å². The summed E-state index contributed by atoms with van der Waals surface area (Å²) < 4.78 is 0. The first-order valence-electron chi connectivity index (χ1n) is 2.38. The molecule has 0 saturated carbocycles. The summed E-state index contributed by atoms with van der Waals surface area (Å²) in [4.78, 5) is 18.3. The van der Waals surface area contributed by atoms with Crippen molar-refractivity contribution in [2.75, 3.05) is 0 Å². The van der Waals surface area contributed by atoms with E-state index in [1.165, 1.54) is 13.2 Å². The molecule has 0 unspecified atom stereocenters. The zero-order chi connectivity index (χ0) is 7.86. The molecule has 54 valence electrons. The molecule has 0 atom stereocenters. The molecule has 0 aliphatic carbocycles. The first kappa shape index (κ1) is 16.6. The Morgan fingerprint density at radius 1 is 1.50 bits per heavy atom. The van der Waals surface area contributed by atoms with E-state index >= 15 is 0 Å². The number of carbonyl (C=O) groups is 1. The first-order valence-corrected chi connectivity index (χ1v) is 2.38. The normalized spacial score (nSPS) is 5.90. The molecule has 0 saturated heterocycles. The Bertz CT molecular complexity index is 91.0. The van der Waals surface area contributed by atoms with Crippen molar-refractivity contribution in [1.29, 1.82) is 0 Å². The van der Waals surface area contributed by atoms with Gasteiger partial charge in [-0.2, -0.15) is 20.8 Å². The van der Waals surface area contributed by atoms with Crippen molar-refractivity contribution in [3.05, 3.63) is 5.92 Å². The fourth-order valence-corrected chi connectivity index (χ4v) is 0. The van der Waals surface area contributed by atoms with Crippen LogP contribution in [0, 0.1) is 5.92 Å². The second kappa shape index (κ2) is 11.9. The number of carboxylic acids is 1. The van der Waals surface area contributed by atoms with Crippen LogP contribution in [0.4, 0.5) is 0 Å². The topological polar surface area (TPSA) is 54.4 Å². The molecule has 0 radical (unpaired) electrons. The summed E-state index contributed by atoms with van der Waals surface area (Å²) in [5.74, 6) is -0.398. The Hall–Kier alpha value is 0.114. The van der Waals surface area contributed by atoms with Gasteiger partial charge in [0.25, 0.3) is 0 Å². The fourth-order valence-electron chi connectivity index (χ4n) is 0. The van der Waals surface area contributed by atoms with Gasteiger partial charge in [0.2, 0.25) is 0 Å². The second-order valence-corrected chi connectivity index (χ2v) is 1.51. The number of carbonyl (C=O) groups excluding carboxylic acids is 1. The molecule has 0 aromatic rings. The number of carboxylic acid groups (broad SMARTS) is 1. The van der Waals surface area contributed by atoms with E-state index in [4.69, 9.17) is 9.90 Å². The van der Waals surface area contributed by atoms with Crippen LogP contribution in [0.25, 0.3) is 0 Å². The van der Waals surface area contributed by atoms with Crippen molar-refractivity contribution in [1.82, 2.24) is 0 Å². The Labute approximate surface area is 86.1 Å². The summed E-state index contributed by atoms with van der Waals surface area (Å²) in [6, 6.07) is 0. The summed E-state index contributed by atoms with van der Waals surface area (Å²) in [6.45, 7) is 4.44. The predicted octanol–water partition coefficient (Wildman–Crippen LogP) is 0.799. The van der Waals surface area contributed by atoms with Gasteiger partial charge in [0, 0.05) is 0 Å². The first-order chi connectivity index (χ1) is 4.06. The van der Waals surface area contributed by atoms with E-state index in [2.05, 4.69) is 0 Å². The molecule has 0 aliphatic rings. The van der Waals surface area contributed by atoms with Crippen LogP contribution >= 0.6 is 0 Å². The number of hydrogen-bond donors (Lipinski definition) is 1. The molecule has 0 aliphatic heterocycles. The summed E-state index contributed by atoms with van der Waals surface area (Å²) in [5.41, 5.74) is 0. The Morgan fingerprint density at radius 3 is 1.60 bits per heavy atom. The molecule has 0 rings (SSSR count). The Morgan fingerprint density at radius 2 is 1.60 bits per heavy atom. The summed E-state index contributed by atoms with van der Waals surface area (Å²) in [7, 11) is 0. The zero-order valence-electron chi connectivity index (χ0n) is 6.34. The number of hydrogen-bond acceptors (Lipinski definition) is 2. The number of rotatable bonds is 1. The van der Waals surface area contributed by atoms with Gasteiger partial charge in [-0.1, -0.05) is 0 Å². The number of aliphatic carboxylic acids is 1. The Kier molecular flexibility index (Phi) is 19.7. The predicted molar refractivity (Wildman–Crippen MR) is 33.6 cm³/mol. The standard InChI is InChI=1S/C4H7O2.C2H3O.Y/c1-3(2)4(5)6;1-2-3;/h1-2H3,(H,5,6);1H3;/q2*-1;+3. The molecule has 10 heavy (non-hydrogen) atoms. The SMILES string of the molecule is C[C-](C)C(=O)O.C[C-]=O.[Y+3]. The minimum atomic E-state index is -0.824. The maximum atomic E-state index is 9.66. The minimum absolute atomic E-state index is 0. The van der Waals surface area contributed by atoms with E-state index < -0.39 is 5.97 Å². The summed E-state index contributed by atoms with van der Waals surface area (Å²) in [5, 5.41) is 7.95. The van der Waals surface area contributed by atoms with Crippen molar-refractivity contribution in [3.63, 3.8) is 0 Å². The van der Waals surface area contributed by atoms with Gasteiger partial charge in [0.1, 0.15) is 0 Å². The van der Waals surface area contributed by atoms with Crippen LogP contribution in [0.2, 0.25) is 0 Å². The third-order valence-corrected chi connectivity index (χ3v) is 0.428. The van der Waals surface area contributed by atoms with E-state index in [1.54, 1.807) is 13.8 Å². The van der Waals surface area contributed by atoms with Crippen molar-refractivity contribution in [2.24, 2.45) is 0 Å². The molecule has 1 N–H and O–H groups in total. The van der Waals surface area contributed by atoms with Gasteiger partial charge in [0.05, 0.1) is 0 Å². The molecule has 0 fully saturated rings. The average Bonchev–Trinajstić information content (AvgIpc) is 1.68. The largest absolute Gasteiger partial charge is 3.00 e. The van der Waals surface area contributed by atoms with Crippen molar-refractivity contribution >= 4 is 12.3 Å². The summed E-state index contributed by atoms with van der Waals surface area (Å²) in [6.07, 6.45) is 1.50. The molecule has 0 aromatic carbocycles. The van der Waals surface area contributed by atoms with Gasteiger partial charge >= 0.3 is 32.7 Å². The van der Waals surface area contributed by atoms with Crippen LogP contribution < -0.4 is 0 Å². The van der Waals surface area contributed by atoms with Gasteiger partial charge in [-0.3, -0.25) is 17.0 Å². The van der Waals surface area contributed by atoms with Gasteiger partial charge in [-0.25, -0.2) is 0 Å². The third-order valence-electron chi connectivity index (χ3n) is 0.428. The molecule has 0 heterocycles. The molecular weight excluding hydrogens is 209 g/mol. The molecule has 4 heteroatoms. The quantitative estimate of drug-likeness (QED) is 0.663. The average molecular weight is 219 g/mol. The van der Waals surface area contributed by atoms with Crippen molar-refractivity contribution in [3.8, 4) is 0 Å². The molecular formula is C6H10O3Y+. The Balaban J connectivity index is -0.000000107. The van der Waals surface area contributed by atoms with Crippen LogP contribution in [-0.4, -0.2) is 17.4 Å². The second-order valence-electron chi connectivity index (χ2n) is 1.51. The monoisotopic (exact) mass is 219 g/mol. The van der Waals surface area contributed by atoms with Crippen LogP contribution in [0.1, 0.15) is 20.8 Å². The minimum Gasteiger partial charge on any atom is -0.542 e. The van der Waals surface area contributed by atoms with Gasteiger partial charge in [-0.05, 0) is 0 Å². The van der Waals surface area contributed by atoms with Crippen LogP contribution in [0.15, 0.2) is 0 Å². The molecule has 0 spiro atoms. The van der Waals surface area contributed by atoms with Crippen molar-refractivity contribution in [2.45, 2.75) is 20.8 Å². The smallest absolute Gasteiger partial charge is 0.542 e. The van der Waals surface area contributed by atoms with E-state index in [9.17, 15) is 4.79 Å². The summed E-state index contributed by atoms with van der Waals surface area (Å²) >= 11 is 0. The van der Waals surface area contributed by atoms with Gasteiger partial charge < -0.3 is 9.90 Å². The molecule has 3 nitrogen and oxygen atoms in total. The zero-order valence-corrected chi connectivity index (χ0v) is 9.18. The van der Waals surface area contributed by atoms with Crippen LogP contribution in [0.3, 0.4) is 0 Å². The maximum Gasteiger partial charge on any atom is 3.00 e. The van der Waals surface area contributed by atoms with E-state index in [-0.39, 0.29) is 32.7 Å². The van der Waals surface area contributed by atoms with E-state index in [0.29, 0.717) is 5.92 Å². The van der Waals surface area contributed by atoms with E-state index in [0.717, 1.165) is 0 Å².